The highest BCUT2D eigenvalue weighted by atomic mass is 32.1. The number of carbonyl (C=O) groups is 1. The first-order valence-corrected chi connectivity index (χ1v) is 10.0. The van der Waals surface area contributed by atoms with Gasteiger partial charge in [-0.1, -0.05) is 18.2 Å². The zero-order valence-electron chi connectivity index (χ0n) is 16.5. The summed E-state index contributed by atoms with van der Waals surface area (Å²) < 4.78 is 47.7. The molecule has 0 unspecified atom stereocenters. The first-order chi connectivity index (χ1) is 14.6. The van der Waals surface area contributed by atoms with E-state index in [4.69, 9.17) is 10.5 Å². The van der Waals surface area contributed by atoms with Crippen LogP contribution in [0.4, 0.5) is 13.2 Å². The van der Waals surface area contributed by atoms with E-state index in [0.717, 1.165) is 28.6 Å². The number of benzene rings is 1. The number of ether oxygens (including phenoxy) is 1. The quantitative estimate of drug-likeness (QED) is 0.465. The van der Waals surface area contributed by atoms with Crippen molar-refractivity contribution < 1.29 is 22.7 Å². The Kier molecular flexibility index (Phi) is 5.18. The van der Waals surface area contributed by atoms with Crippen molar-refractivity contribution in [1.29, 1.82) is 0 Å². The number of imidazole rings is 1. The van der Waals surface area contributed by atoms with E-state index in [0.29, 0.717) is 10.5 Å². The molecule has 0 saturated heterocycles. The Morgan fingerprint density at radius 2 is 1.97 bits per heavy atom. The molecule has 0 saturated carbocycles. The third-order valence-corrected chi connectivity index (χ3v) is 5.85. The summed E-state index contributed by atoms with van der Waals surface area (Å²) in [6.45, 7) is 3.34. The molecule has 0 bridgehead atoms. The molecule has 1 aromatic carbocycles. The lowest BCUT2D eigenvalue weighted by molar-refractivity contribution is -0.138. The summed E-state index contributed by atoms with van der Waals surface area (Å²) >= 11 is 1.07. The standard InChI is InChI=1S/C21H17F3N4O2S/c1-11-7-16-15(9-26-11)27-10-28(16)18-8-17(19(31-18)20(25)29)30-12(2)13-5-3-4-6-14(13)21(22,23)24/h3-10,12H,1-2H3,(H2,25,29)/t12-/m1/s1. The molecule has 4 aromatic rings. The van der Waals surface area contributed by atoms with Crippen LogP contribution >= 0.6 is 11.3 Å². The minimum atomic E-state index is -4.53. The van der Waals surface area contributed by atoms with Gasteiger partial charge < -0.3 is 10.5 Å². The molecule has 0 aliphatic carbocycles. The van der Waals surface area contributed by atoms with Crippen molar-refractivity contribution in [3.63, 3.8) is 0 Å². The van der Waals surface area contributed by atoms with E-state index >= 15 is 0 Å². The topological polar surface area (TPSA) is 83.0 Å². The Morgan fingerprint density at radius 3 is 2.68 bits per heavy atom. The molecule has 0 radical (unpaired) electrons. The fourth-order valence-electron chi connectivity index (χ4n) is 3.29. The number of aryl methyl sites for hydroxylation is 1. The average Bonchev–Trinajstić information content (AvgIpc) is 3.31. The summed E-state index contributed by atoms with van der Waals surface area (Å²) in [5.74, 6) is -0.616. The van der Waals surface area contributed by atoms with Gasteiger partial charge in [-0.25, -0.2) is 4.98 Å². The second-order valence-electron chi connectivity index (χ2n) is 6.92. The average molecular weight is 446 g/mol. The Morgan fingerprint density at radius 1 is 1.23 bits per heavy atom. The SMILES string of the molecule is Cc1cc2c(cn1)ncn2-c1cc(O[C@H](C)c2ccccc2C(F)(F)F)c(C(N)=O)s1. The van der Waals surface area contributed by atoms with Crippen LogP contribution < -0.4 is 10.5 Å². The van der Waals surface area contributed by atoms with Crippen LogP contribution in [-0.2, 0) is 6.18 Å². The number of primary amides is 1. The summed E-state index contributed by atoms with van der Waals surface area (Å²) in [5.41, 5.74) is 6.90. The number of nitrogens with zero attached hydrogens (tertiary/aromatic N) is 3. The van der Waals surface area contributed by atoms with Crippen molar-refractivity contribution in [2.24, 2.45) is 5.73 Å². The van der Waals surface area contributed by atoms with Crippen LogP contribution in [0.5, 0.6) is 5.75 Å². The molecule has 1 amide bonds. The Balaban J connectivity index is 1.74. The van der Waals surface area contributed by atoms with E-state index in [1.807, 2.05) is 13.0 Å². The third kappa shape index (κ3) is 3.98. The number of thiophene rings is 1. The second-order valence-corrected chi connectivity index (χ2v) is 7.95. The molecular formula is C21H17F3N4O2S. The van der Waals surface area contributed by atoms with Gasteiger partial charge in [0.25, 0.3) is 5.91 Å². The van der Waals surface area contributed by atoms with Crippen molar-refractivity contribution in [3.8, 4) is 10.8 Å². The van der Waals surface area contributed by atoms with Gasteiger partial charge in [0, 0.05) is 17.3 Å². The van der Waals surface area contributed by atoms with Crippen molar-refractivity contribution in [3.05, 3.63) is 70.6 Å². The maximum atomic E-state index is 13.4. The molecule has 31 heavy (non-hydrogen) atoms. The summed E-state index contributed by atoms with van der Waals surface area (Å²) in [6, 6.07) is 8.59. The molecule has 4 rings (SSSR count). The van der Waals surface area contributed by atoms with E-state index in [-0.39, 0.29) is 16.2 Å². The normalized spacial score (nSPS) is 12.8. The monoisotopic (exact) mass is 446 g/mol. The molecule has 1 atom stereocenters. The van der Waals surface area contributed by atoms with E-state index < -0.39 is 23.8 Å². The Bertz CT molecular complexity index is 1280. The number of pyridine rings is 1. The molecule has 3 heterocycles. The summed E-state index contributed by atoms with van der Waals surface area (Å²) in [4.78, 5) is 20.6. The molecular weight excluding hydrogens is 429 g/mol. The first-order valence-electron chi connectivity index (χ1n) is 9.21. The fourth-order valence-corrected chi connectivity index (χ4v) is 4.22. The molecule has 160 valence electrons. The number of hydrogen-bond donors (Lipinski definition) is 1. The number of carbonyl (C=O) groups excluding carboxylic acids is 1. The lowest BCUT2D eigenvalue weighted by atomic mass is 10.0. The largest absolute Gasteiger partial charge is 0.484 e. The number of alkyl halides is 3. The zero-order chi connectivity index (χ0) is 22.3. The van der Waals surface area contributed by atoms with Crippen molar-refractivity contribution in [1.82, 2.24) is 14.5 Å². The number of amides is 1. The fraction of sp³-hybridized carbons (Fsp3) is 0.190. The van der Waals surface area contributed by atoms with Gasteiger partial charge in [-0.15, -0.1) is 11.3 Å². The van der Waals surface area contributed by atoms with E-state index in [1.165, 1.54) is 25.1 Å². The molecule has 6 nitrogen and oxygen atoms in total. The van der Waals surface area contributed by atoms with Gasteiger partial charge in [0.05, 0.1) is 17.3 Å². The maximum absolute atomic E-state index is 13.4. The van der Waals surface area contributed by atoms with Crippen LogP contribution in [0.3, 0.4) is 0 Å². The van der Waals surface area contributed by atoms with Crippen molar-refractivity contribution in [2.75, 3.05) is 0 Å². The number of nitrogens with two attached hydrogens (primary N) is 1. The van der Waals surface area contributed by atoms with Crippen molar-refractivity contribution in [2.45, 2.75) is 26.1 Å². The third-order valence-electron chi connectivity index (χ3n) is 4.72. The van der Waals surface area contributed by atoms with Crippen LogP contribution in [0.1, 0.15) is 39.5 Å². The molecule has 3 aromatic heterocycles. The van der Waals surface area contributed by atoms with Crippen LogP contribution in [0.2, 0.25) is 0 Å². The van der Waals surface area contributed by atoms with E-state index in [1.54, 1.807) is 23.2 Å². The smallest absolute Gasteiger partial charge is 0.416 e. The van der Waals surface area contributed by atoms with Gasteiger partial charge in [-0.2, -0.15) is 13.2 Å². The second kappa shape index (κ2) is 7.69. The molecule has 10 heteroatoms. The van der Waals surface area contributed by atoms with Gasteiger partial charge in [0.1, 0.15) is 33.6 Å². The van der Waals surface area contributed by atoms with Gasteiger partial charge in [-0.05, 0) is 26.0 Å². The lowest BCUT2D eigenvalue weighted by Gasteiger charge is -2.19. The predicted octanol–water partition coefficient (Wildman–Crippen LogP) is 5.05. The number of rotatable bonds is 5. The number of fused-ring (bicyclic) bond motifs is 1. The predicted molar refractivity (Wildman–Crippen MR) is 110 cm³/mol. The van der Waals surface area contributed by atoms with Gasteiger partial charge in [0.15, 0.2) is 0 Å². The van der Waals surface area contributed by atoms with Gasteiger partial charge in [-0.3, -0.25) is 14.3 Å². The molecule has 0 spiro atoms. The van der Waals surface area contributed by atoms with Crippen LogP contribution in [-0.4, -0.2) is 20.4 Å². The highest BCUT2D eigenvalue weighted by molar-refractivity contribution is 7.16. The summed E-state index contributed by atoms with van der Waals surface area (Å²) in [7, 11) is 0. The molecule has 0 fully saturated rings. The van der Waals surface area contributed by atoms with Crippen LogP contribution in [0, 0.1) is 6.92 Å². The van der Waals surface area contributed by atoms with Crippen LogP contribution in [0.15, 0.2) is 48.9 Å². The highest BCUT2D eigenvalue weighted by Gasteiger charge is 2.35. The Labute approximate surface area is 179 Å². The maximum Gasteiger partial charge on any atom is 0.416 e. The van der Waals surface area contributed by atoms with Gasteiger partial charge in [0.2, 0.25) is 0 Å². The zero-order valence-corrected chi connectivity index (χ0v) is 17.3. The number of halogens is 3. The molecule has 0 aliphatic rings. The summed E-state index contributed by atoms with van der Waals surface area (Å²) in [6.07, 6.45) is -2.28. The van der Waals surface area contributed by atoms with E-state index in [9.17, 15) is 18.0 Å². The molecule has 0 aliphatic heterocycles. The minimum Gasteiger partial charge on any atom is -0.484 e. The minimum absolute atomic E-state index is 0.0343. The Hall–Kier alpha value is -3.40. The van der Waals surface area contributed by atoms with Crippen LogP contribution in [0.25, 0.3) is 16.0 Å². The number of aromatic nitrogens is 3. The van der Waals surface area contributed by atoms with Gasteiger partial charge >= 0.3 is 6.18 Å². The summed E-state index contributed by atoms with van der Waals surface area (Å²) in [5, 5.41) is 0.591. The van der Waals surface area contributed by atoms with E-state index in [2.05, 4.69) is 9.97 Å². The lowest BCUT2D eigenvalue weighted by Crippen LogP contribution is -2.15. The molecule has 2 N–H and O–H groups in total. The highest BCUT2D eigenvalue weighted by Crippen LogP contribution is 2.39. The number of hydrogen-bond acceptors (Lipinski definition) is 5. The first kappa shape index (κ1) is 20.9. The van der Waals surface area contributed by atoms with Crippen molar-refractivity contribution >= 4 is 28.3 Å².